The van der Waals surface area contributed by atoms with Crippen molar-refractivity contribution in [1.82, 2.24) is 0 Å². The molecule has 1 heterocycles. The van der Waals surface area contributed by atoms with E-state index in [1.165, 1.54) is 0 Å². The number of hydrogen-bond acceptors (Lipinski definition) is 2. The highest BCUT2D eigenvalue weighted by Gasteiger charge is 2.32. The lowest BCUT2D eigenvalue weighted by molar-refractivity contribution is -0.635. The van der Waals surface area contributed by atoms with Crippen molar-refractivity contribution in [2.24, 2.45) is 0 Å². The number of quaternary nitrogens is 1. The van der Waals surface area contributed by atoms with Gasteiger partial charge in [-0.15, -0.1) is 0 Å². The van der Waals surface area contributed by atoms with Crippen LogP contribution in [-0.4, -0.2) is 26.8 Å². The van der Waals surface area contributed by atoms with E-state index in [4.69, 9.17) is 0 Å². The van der Waals surface area contributed by atoms with Gasteiger partial charge in [0.1, 0.15) is 5.25 Å². The molecule has 0 aliphatic carbocycles. The first-order valence-electron chi connectivity index (χ1n) is 5.23. The summed E-state index contributed by atoms with van der Waals surface area (Å²) >= 11 is 0. The summed E-state index contributed by atoms with van der Waals surface area (Å²) in [6.45, 7) is 3.59. The molecule has 4 heteroatoms. The number of benzene rings is 1. The lowest BCUT2D eigenvalue weighted by atomic mass is 10.2. The SMILES string of the molecule is Cc1ccc(S(=O)(=O)[C@@H]2CC[NH2+]C2)cc1. The highest BCUT2D eigenvalue weighted by molar-refractivity contribution is 7.92. The maximum atomic E-state index is 12.1. The summed E-state index contributed by atoms with van der Waals surface area (Å²) in [6, 6.07) is 7.13. The van der Waals surface area contributed by atoms with Gasteiger partial charge in [-0.3, -0.25) is 0 Å². The fourth-order valence-corrected chi connectivity index (χ4v) is 3.66. The normalized spacial score (nSPS) is 21.8. The molecule has 0 bridgehead atoms. The minimum absolute atomic E-state index is 0.194. The monoisotopic (exact) mass is 226 g/mol. The Morgan fingerprint density at radius 3 is 2.47 bits per heavy atom. The van der Waals surface area contributed by atoms with E-state index in [0.717, 1.165) is 18.5 Å². The number of aryl methyl sites for hydroxylation is 1. The molecule has 1 aliphatic heterocycles. The molecule has 1 aromatic rings. The molecule has 1 saturated heterocycles. The average Bonchev–Trinajstić information content (AvgIpc) is 2.71. The number of hydrogen-bond donors (Lipinski definition) is 1. The van der Waals surface area contributed by atoms with Crippen molar-refractivity contribution in [3.63, 3.8) is 0 Å². The number of rotatable bonds is 2. The molecule has 3 nitrogen and oxygen atoms in total. The van der Waals surface area contributed by atoms with E-state index in [1.807, 2.05) is 19.1 Å². The Labute approximate surface area is 90.4 Å². The van der Waals surface area contributed by atoms with Crippen LogP contribution in [0.5, 0.6) is 0 Å². The van der Waals surface area contributed by atoms with E-state index in [-0.39, 0.29) is 5.25 Å². The highest BCUT2D eigenvalue weighted by atomic mass is 32.2. The number of nitrogens with two attached hydrogens (primary N) is 1. The molecular weight excluding hydrogens is 210 g/mol. The van der Waals surface area contributed by atoms with E-state index in [9.17, 15) is 8.42 Å². The van der Waals surface area contributed by atoms with Crippen molar-refractivity contribution >= 4 is 9.84 Å². The van der Waals surface area contributed by atoms with Crippen LogP contribution in [0.25, 0.3) is 0 Å². The van der Waals surface area contributed by atoms with Gasteiger partial charge < -0.3 is 5.32 Å². The lowest BCUT2D eigenvalue weighted by Gasteiger charge is -2.08. The summed E-state index contributed by atoms with van der Waals surface area (Å²) < 4.78 is 24.3. The predicted octanol–water partition coefficient (Wildman–Crippen LogP) is 0.104. The van der Waals surface area contributed by atoms with Crippen molar-refractivity contribution in [2.45, 2.75) is 23.5 Å². The molecule has 0 radical (unpaired) electrons. The van der Waals surface area contributed by atoms with Gasteiger partial charge in [0.05, 0.1) is 18.0 Å². The van der Waals surface area contributed by atoms with Gasteiger partial charge in [0.2, 0.25) is 0 Å². The Balaban J connectivity index is 2.32. The molecular formula is C11H16NO2S+. The summed E-state index contributed by atoms with van der Waals surface area (Å²) in [6.07, 6.45) is 0.774. The zero-order valence-electron chi connectivity index (χ0n) is 8.81. The summed E-state index contributed by atoms with van der Waals surface area (Å²) in [5.41, 5.74) is 1.09. The zero-order chi connectivity index (χ0) is 10.9. The van der Waals surface area contributed by atoms with Gasteiger partial charge >= 0.3 is 0 Å². The molecule has 82 valence electrons. The van der Waals surface area contributed by atoms with Gasteiger partial charge in [-0.05, 0) is 19.1 Å². The fraction of sp³-hybridized carbons (Fsp3) is 0.455. The van der Waals surface area contributed by atoms with Crippen LogP contribution >= 0.6 is 0 Å². The summed E-state index contributed by atoms with van der Waals surface area (Å²) in [4.78, 5) is 0.466. The third-order valence-electron chi connectivity index (χ3n) is 2.91. The quantitative estimate of drug-likeness (QED) is 0.778. The van der Waals surface area contributed by atoms with Crippen LogP contribution in [0, 0.1) is 6.92 Å². The van der Waals surface area contributed by atoms with Crippen LogP contribution in [-0.2, 0) is 9.84 Å². The molecule has 1 atom stereocenters. The first-order chi connectivity index (χ1) is 7.10. The third kappa shape index (κ3) is 2.06. The minimum atomic E-state index is -3.09. The Morgan fingerprint density at radius 1 is 1.27 bits per heavy atom. The molecule has 1 aromatic carbocycles. The van der Waals surface area contributed by atoms with Crippen molar-refractivity contribution in [2.75, 3.05) is 13.1 Å². The second-order valence-electron chi connectivity index (χ2n) is 4.08. The van der Waals surface area contributed by atoms with Crippen LogP contribution in [0.2, 0.25) is 0 Å². The number of sulfone groups is 1. The summed E-state index contributed by atoms with van der Waals surface area (Å²) in [5, 5.41) is 1.87. The van der Waals surface area contributed by atoms with Gasteiger partial charge in [-0.25, -0.2) is 8.42 Å². The molecule has 2 N–H and O–H groups in total. The molecule has 0 unspecified atom stereocenters. The molecule has 1 aliphatic rings. The fourth-order valence-electron chi connectivity index (χ4n) is 1.93. The predicted molar refractivity (Wildman–Crippen MR) is 58.4 cm³/mol. The Bertz CT molecular complexity index is 430. The second kappa shape index (κ2) is 3.94. The van der Waals surface area contributed by atoms with E-state index in [1.54, 1.807) is 12.1 Å². The van der Waals surface area contributed by atoms with Gasteiger partial charge in [-0.1, -0.05) is 17.7 Å². The lowest BCUT2D eigenvalue weighted by Crippen LogP contribution is -2.81. The van der Waals surface area contributed by atoms with Crippen LogP contribution in [0.4, 0.5) is 0 Å². The maximum Gasteiger partial charge on any atom is 0.186 e. The van der Waals surface area contributed by atoms with E-state index in [0.29, 0.717) is 11.4 Å². The third-order valence-corrected chi connectivity index (χ3v) is 5.15. The first-order valence-corrected chi connectivity index (χ1v) is 6.77. The van der Waals surface area contributed by atoms with Crippen LogP contribution in [0.3, 0.4) is 0 Å². The molecule has 0 spiro atoms. The minimum Gasteiger partial charge on any atom is -0.345 e. The van der Waals surface area contributed by atoms with E-state index < -0.39 is 9.84 Å². The Hall–Kier alpha value is -0.870. The van der Waals surface area contributed by atoms with E-state index in [2.05, 4.69) is 5.32 Å². The molecule has 2 rings (SSSR count). The smallest absolute Gasteiger partial charge is 0.186 e. The Kier molecular flexibility index (Phi) is 2.80. The highest BCUT2D eigenvalue weighted by Crippen LogP contribution is 2.18. The van der Waals surface area contributed by atoms with Gasteiger partial charge in [0.25, 0.3) is 0 Å². The Morgan fingerprint density at radius 2 is 1.93 bits per heavy atom. The van der Waals surface area contributed by atoms with Crippen molar-refractivity contribution in [3.8, 4) is 0 Å². The topological polar surface area (TPSA) is 50.8 Å². The van der Waals surface area contributed by atoms with Crippen LogP contribution < -0.4 is 5.32 Å². The van der Waals surface area contributed by atoms with Crippen molar-refractivity contribution in [3.05, 3.63) is 29.8 Å². The van der Waals surface area contributed by atoms with Gasteiger partial charge in [-0.2, -0.15) is 0 Å². The average molecular weight is 226 g/mol. The van der Waals surface area contributed by atoms with Crippen molar-refractivity contribution in [1.29, 1.82) is 0 Å². The van der Waals surface area contributed by atoms with Crippen LogP contribution in [0.1, 0.15) is 12.0 Å². The second-order valence-corrected chi connectivity index (χ2v) is 6.31. The molecule has 1 fully saturated rings. The van der Waals surface area contributed by atoms with Crippen molar-refractivity contribution < 1.29 is 13.7 Å². The van der Waals surface area contributed by atoms with Crippen LogP contribution in [0.15, 0.2) is 29.2 Å². The molecule has 0 amide bonds. The summed E-state index contributed by atoms with van der Waals surface area (Å²) in [7, 11) is -3.09. The standard InChI is InChI=1S/C11H15NO2S/c1-9-2-4-10(5-3-9)15(13,14)11-6-7-12-8-11/h2-5,11-12H,6-8H2,1H3/p+1/t11-/m1/s1. The van der Waals surface area contributed by atoms with E-state index >= 15 is 0 Å². The largest absolute Gasteiger partial charge is 0.345 e. The molecule has 15 heavy (non-hydrogen) atoms. The zero-order valence-corrected chi connectivity index (χ0v) is 9.63. The maximum absolute atomic E-state index is 12.1. The first kappa shape index (κ1) is 10.6. The summed E-state index contributed by atoms with van der Waals surface area (Å²) in [5.74, 6) is 0. The van der Waals surface area contributed by atoms with Gasteiger partial charge in [0, 0.05) is 6.42 Å². The molecule has 0 aromatic heterocycles. The molecule has 0 saturated carbocycles. The van der Waals surface area contributed by atoms with Gasteiger partial charge in [0.15, 0.2) is 9.84 Å².